The van der Waals surface area contributed by atoms with Gasteiger partial charge in [0.2, 0.25) is 10.0 Å². The number of nitrogens with zero attached hydrogens (tertiary/aromatic N) is 2. The summed E-state index contributed by atoms with van der Waals surface area (Å²) in [7, 11) is -1.97. The maximum atomic E-state index is 12.6. The average Bonchev–Trinajstić information content (AvgIpc) is 2.80. The van der Waals surface area contributed by atoms with Gasteiger partial charge in [-0.15, -0.1) is 0 Å². The lowest BCUT2D eigenvalue weighted by molar-refractivity contribution is 0.270. The van der Waals surface area contributed by atoms with Gasteiger partial charge in [-0.3, -0.25) is 5.10 Å². The van der Waals surface area contributed by atoms with Crippen molar-refractivity contribution in [3.63, 3.8) is 0 Å². The van der Waals surface area contributed by atoms with Gasteiger partial charge in [0.25, 0.3) is 0 Å². The van der Waals surface area contributed by atoms with E-state index in [4.69, 9.17) is 0 Å². The fourth-order valence-corrected chi connectivity index (χ4v) is 4.44. The lowest BCUT2D eigenvalue weighted by atomic mass is 9.96. The number of aryl methyl sites for hydroxylation is 1. The number of sulfonamides is 1. The summed E-state index contributed by atoms with van der Waals surface area (Å²) >= 11 is 0. The number of nitrogens with one attached hydrogen (secondary N) is 1. The second-order valence-electron chi connectivity index (χ2n) is 5.10. The molecule has 108 valence electrons. The number of hydrogen-bond donors (Lipinski definition) is 2. The van der Waals surface area contributed by atoms with Crippen LogP contribution in [0.25, 0.3) is 0 Å². The van der Waals surface area contributed by atoms with Crippen molar-refractivity contribution in [2.75, 3.05) is 7.05 Å². The van der Waals surface area contributed by atoms with E-state index in [0.29, 0.717) is 5.69 Å². The predicted octanol–water partition coefficient (Wildman–Crippen LogP) is 1.16. The summed E-state index contributed by atoms with van der Waals surface area (Å²) in [6, 6.07) is 0.0552. The van der Waals surface area contributed by atoms with Crippen LogP contribution in [-0.2, 0) is 16.6 Å². The minimum absolute atomic E-state index is 0.0552. The molecule has 0 bridgehead atoms. The third kappa shape index (κ3) is 2.68. The molecule has 1 aliphatic rings. The zero-order valence-electron chi connectivity index (χ0n) is 11.4. The smallest absolute Gasteiger partial charge is 0.246 e. The first-order valence-corrected chi connectivity index (χ1v) is 8.05. The van der Waals surface area contributed by atoms with Crippen LogP contribution in [-0.4, -0.2) is 41.1 Å². The molecule has 0 radical (unpaired) electrons. The van der Waals surface area contributed by atoms with Crippen molar-refractivity contribution >= 4 is 10.0 Å². The van der Waals surface area contributed by atoms with Crippen molar-refractivity contribution < 1.29 is 13.5 Å². The van der Waals surface area contributed by atoms with Crippen molar-refractivity contribution in [2.45, 2.75) is 56.6 Å². The van der Waals surface area contributed by atoms with E-state index in [0.717, 1.165) is 25.7 Å². The van der Waals surface area contributed by atoms with E-state index in [-0.39, 0.29) is 23.2 Å². The van der Waals surface area contributed by atoms with Gasteiger partial charge in [-0.25, -0.2) is 8.42 Å². The highest BCUT2D eigenvalue weighted by molar-refractivity contribution is 7.89. The zero-order chi connectivity index (χ0) is 14.0. The molecule has 0 spiro atoms. The Kier molecular flexibility index (Phi) is 4.27. The van der Waals surface area contributed by atoms with E-state index in [1.165, 1.54) is 10.7 Å². The maximum absolute atomic E-state index is 12.6. The van der Waals surface area contributed by atoms with E-state index >= 15 is 0 Å². The first-order valence-electron chi connectivity index (χ1n) is 6.61. The summed E-state index contributed by atoms with van der Waals surface area (Å²) in [5.74, 6) is 0. The molecule has 2 N–H and O–H groups in total. The van der Waals surface area contributed by atoms with Gasteiger partial charge in [-0.05, 0) is 19.8 Å². The molecule has 0 atom stereocenters. The molecule has 0 unspecified atom stereocenters. The third-order valence-electron chi connectivity index (χ3n) is 3.84. The Balaban J connectivity index is 2.33. The van der Waals surface area contributed by atoms with Crippen molar-refractivity contribution in [1.29, 1.82) is 0 Å². The number of hydrogen-bond acceptors (Lipinski definition) is 4. The molecule has 2 rings (SSSR count). The molecule has 1 heterocycles. The van der Waals surface area contributed by atoms with E-state index in [1.54, 1.807) is 14.0 Å². The summed E-state index contributed by atoms with van der Waals surface area (Å²) in [5, 5.41) is 15.7. The standard InChI is InChI=1S/C12H21N3O3S/c1-9-12(11(8-16)14-13-9)19(17,18)15(2)10-6-4-3-5-7-10/h10,16H,3-8H2,1-2H3,(H,13,14). The fraction of sp³-hybridized carbons (Fsp3) is 0.750. The molecule has 1 aromatic heterocycles. The third-order valence-corrected chi connectivity index (χ3v) is 5.95. The van der Waals surface area contributed by atoms with Gasteiger partial charge in [-0.1, -0.05) is 19.3 Å². The molecule has 1 aromatic rings. The Hall–Kier alpha value is -0.920. The summed E-state index contributed by atoms with van der Waals surface area (Å²) in [4.78, 5) is 0.128. The van der Waals surface area contributed by atoms with Crippen molar-refractivity contribution in [1.82, 2.24) is 14.5 Å². The molecule has 0 aliphatic heterocycles. The number of H-pyrrole nitrogens is 1. The minimum Gasteiger partial charge on any atom is -0.390 e. The fourth-order valence-electron chi connectivity index (χ4n) is 2.70. The molecule has 0 saturated heterocycles. The lowest BCUT2D eigenvalue weighted by Gasteiger charge is -2.30. The maximum Gasteiger partial charge on any atom is 0.246 e. The molecular formula is C12H21N3O3S. The molecule has 1 fully saturated rings. The Morgan fingerprint density at radius 2 is 2.00 bits per heavy atom. The van der Waals surface area contributed by atoms with Crippen molar-refractivity contribution in [3.8, 4) is 0 Å². The highest BCUT2D eigenvalue weighted by atomic mass is 32.2. The van der Waals surface area contributed by atoms with Crippen LogP contribution >= 0.6 is 0 Å². The molecule has 1 saturated carbocycles. The SMILES string of the molecule is Cc1[nH]nc(CO)c1S(=O)(=O)N(C)C1CCCCC1. The number of rotatable bonds is 4. The summed E-state index contributed by atoms with van der Waals surface area (Å²) in [5.41, 5.74) is 0.673. The number of aliphatic hydroxyl groups excluding tert-OH is 1. The molecule has 19 heavy (non-hydrogen) atoms. The van der Waals surface area contributed by atoms with Gasteiger partial charge in [0, 0.05) is 13.1 Å². The number of aromatic nitrogens is 2. The lowest BCUT2D eigenvalue weighted by Crippen LogP contribution is -2.38. The largest absolute Gasteiger partial charge is 0.390 e. The summed E-state index contributed by atoms with van der Waals surface area (Å²) in [6.07, 6.45) is 5.13. The van der Waals surface area contributed by atoms with Crippen LogP contribution in [0.2, 0.25) is 0 Å². The van der Waals surface area contributed by atoms with Crippen LogP contribution in [0.1, 0.15) is 43.5 Å². The Labute approximate surface area is 113 Å². The highest BCUT2D eigenvalue weighted by Gasteiger charge is 2.33. The van der Waals surface area contributed by atoms with Crippen LogP contribution in [0.4, 0.5) is 0 Å². The Bertz CT molecular complexity index is 532. The monoisotopic (exact) mass is 287 g/mol. The quantitative estimate of drug-likeness (QED) is 0.870. The minimum atomic E-state index is -3.59. The average molecular weight is 287 g/mol. The van der Waals surface area contributed by atoms with Crippen molar-refractivity contribution in [3.05, 3.63) is 11.4 Å². The molecular weight excluding hydrogens is 266 g/mol. The van der Waals surface area contributed by atoms with E-state index < -0.39 is 10.0 Å². The molecule has 0 aromatic carbocycles. The van der Waals surface area contributed by atoms with Gasteiger partial charge < -0.3 is 5.11 Å². The normalized spacial score (nSPS) is 18.1. The van der Waals surface area contributed by atoms with Crippen LogP contribution in [0, 0.1) is 6.92 Å². The van der Waals surface area contributed by atoms with E-state index in [2.05, 4.69) is 10.2 Å². The molecule has 0 amide bonds. The molecule has 7 heteroatoms. The second-order valence-corrected chi connectivity index (χ2v) is 7.03. The van der Waals surface area contributed by atoms with Crippen LogP contribution in [0.15, 0.2) is 4.90 Å². The predicted molar refractivity (Wildman–Crippen MR) is 71.1 cm³/mol. The summed E-state index contributed by atoms with van der Waals surface area (Å²) in [6.45, 7) is 1.28. The zero-order valence-corrected chi connectivity index (χ0v) is 12.2. The number of aliphatic hydroxyl groups is 1. The highest BCUT2D eigenvalue weighted by Crippen LogP contribution is 2.28. The van der Waals surface area contributed by atoms with Crippen LogP contribution in [0.5, 0.6) is 0 Å². The first-order chi connectivity index (χ1) is 8.98. The number of aromatic amines is 1. The second kappa shape index (κ2) is 5.60. The van der Waals surface area contributed by atoms with Gasteiger partial charge in [0.1, 0.15) is 10.6 Å². The Morgan fingerprint density at radius 3 is 2.58 bits per heavy atom. The van der Waals surface area contributed by atoms with E-state index in [1.807, 2.05) is 0 Å². The van der Waals surface area contributed by atoms with Crippen LogP contribution in [0.3, 0.4) is 0 Å². The van der Waals surface area contributed by atoms with E-state index in [9.17, 15) is 13.5 Å². The van der Waals surface area contributed by atoms with Gasteiger partial charge in [-0.2, -0.15) is 9.40 Å². The van der Waals surface area contributed by atoms with Crippen molar-refractivity contribution in [2.24, 2.45) is 0 Å². The van der Waals surface area contributed by atoms with Gasteiger partial charge in [0.05, 0.1) is 12.3 Å². The molecule has 1 aliphatic carbocycles. The van der Waals surface area contributed by atoms with Gasteiger partial charge in [0.15, 0.2) is 0 Å². The first kappa shape index (κ1) is 14.5. The molecule has 6 nitrogen and oxygen atoms in total. The summed E-state index contributed by atoms with van der Waals surface area (Å²) < 4.78 is 26.7. The topological polar surface area (TPSA) is 86.3 Å². The Morgan fingerprint density at radius 1 is 1.37 bits per heavy atom. The van der Waals surface area contributed by atoms with Gasteiger partial charge >= 0.3 is 0 Å². The van der Waals surface area contributed by atoms with Crippen LogP contribution < -0.4 is 0 Å².